The lowest BCUT2D eigenvalue weighted by Gasteiger charge is -2.09. The van der Waals surface area contributed by atoms with Crippen LogP contribution in [-0.4, -0.2) is 15.2 Å². The first-order valence-electron chi connectivity index (χ1n) is 8.09. The molecular formula is C18H19FN4. The number of H-pyrrole nitrogens is 1. The van der Waals surface area contributed by atoms with Gasteiger partial charge >= 0.3 is 0 Å². The maximum Gasteiger partial charge on any atom is 0.169 e. The highest BCUT2D eigenvalue weighted by Crippen LogP contribution is 2.34. The Balaban J connectivity index is 1.66. The van der Waals surface area contributed by atoms with Crippen LogP contribution in [0.1, 0.15) is 42.9 Å². The van der Waals surface area contributed by atoms with Crippen molar-refractivity contribution in [3.8, 4) is 0 Å². The number of para-hydroxylation sites is 1. The molecule has 0 radical (unpaired) electrons. The topological polar surface area (TPSA) is 53.6 Å². The van der Waals surface area contributed by atoms with Crippen molar-refractivity contribution in [2.75, 3.05) is 5.32 Å². The molecule has 0 bridgehead atoms. The van der Waals surface area contributed by atoms with E-state index >= 15 is 0 Å². The molecule has 2 aromatic heterocycles. The van der Waals surface area contributed by atoms with E-state index < -0.39 is 0 Å². The van der Waals surface area contributed by atoms with Crippen molar-refractivity contribution in [2.24, 2.45) is 0 Å². The number of anilines is 2. The molecule has 118 valence electrons. The SMILES string of the molecule is Cc1c(F)c(Nc2cc(C3CCCC3)[nH]n2)nc2ccccc12. The largest absolute Gasteiger partial charge is 0.321 e. The number of benzene rings is 1. The lowest BCUT2D eigenvalue weighted by atomic mass is 10.0. The Hall–Kier alpha value is -2.43. The summed E-state index contributed by atoms with van der Waals surface area (Å²) >= 11 is 0. The maximum absolute atomic E-state index is 14.6. The molecule has 23 heavy (non-hydrogen) atoms. The average Bonchev–Trinajstić information content (AvgIpc) is 3.23. The summed E-state index contributed by atoms with van der Waals surface area (Å²) in [7, 11) is 0. The van der Waals surface area contributed by atoms with Gasteiger partial charge in [0.05, 0.1) is 5.52 Å². The summed E-state index contributed by atoms with van der Waals surface area (Å²) in [6.07, 6.45) is 4.94. The normalized spacial score (nSPS) is 15.4. The maximum atomic E-state index is 14.6. The zero-order chi connectivity index (χ0) is 15.8. The Labute approximate surface area is 134 Å². The molecule has 1 aliphatic carbocycles. The molecule has 1 saturated carbocycles. The van der Waals surface area contributed by atoms with Gasteiger partial charge in [-0.3, -0.25) is 5.10 Å². The van der Waals surface area contributed by atoms with E-state index in [1.165, 1.54) is 25.7 Å². The lowest BCUT2D eigenvalue weighted by Crippen LogP contribution is -2.00. The number of nitrogens with zero attached hydrogens (tertiary/aromatic N) is 2. The quantitative estimate of drug-likeness (QED) is 0.730. The number of aromatic amines is 1. The fraction of sp³-hybridized carbons (Fsp3) is 0.333. The Morgan fingerprint density at radius 1 is 1.22 bits per heavy atom. The van der Waals surface area contributed by atoms with Crippen LogP contribution in [0.3, 0.4) is 0 Å². The first-order chi connectivity index (χ1) is 11.2. The van der Waals surface area contributed by atoms with Gasteiger partial charge in [-0.25, -0.2) is 9.37 Å². The fourth-order valence-corrected chi connectivity index (χ4v) is 3.40. The third kappa shape index (κ3) is 2.56. The zero-order valence-corrected chi connectivity index (χ0v) is 13.1. The number of hydrogen-bond acceptors (Lipinski definition) is 3. The lowest BCUT2D eigenvalue weighted by molar-refractivity contribution is 0.620. The summed E-state index contributed by atoms with van der Waals surface area (Å²) in [5.41, 5.74) is 2.51. The molecule has 5 heteroatoms. The van der Waals surface area contributed by atoms with E-state index in [4.69, 9.17) is 0 Å². The van der Waals surface area contributed by atoms with Gasteiger partial charge in [0.2, 0.25) is 0 Å². The Bertz CT molecular complexity index is 849. The first-order valence-corrected chi connectivity index (χ1v) is 8.09. The molecule has 1 fully saturated rings. The first kappa shape index (κ1) is 14.2. The van der Waals surface area contributed by atoms with E-state index in [9.17, 15) is 4.39 Å². The van der Waals surface area contributed by atoms with E-state index in [0.717, 1.165) is 16.6 Å². The van der Waals surface area contributed by atoms with Crippen LogP contribution < -0.4 is 5.32 Å². The van der Waals surface area contributed by atoms with Gasteiger partial charge in [-0.15, -0.1) is 0 Å². The van der Waals surface area contributed by atoms with Gasteiger partial charge in [0.1, 0.15) is 0 Å². The van der Waals surface area contributed by atoms with Crippen molar-refractivity contribution >= 4 is 22.5 Å². The summed E-state index contributed by atoms with van der Waals surface area (Å²) in [6, 6.07) is 9.55. The minimum absolute atomic E-state index is 0.227. The van der Waals surface area contributed by atoms with E-state index in [0.29, 0.717) is 17.3 Å². The van der Waals surface area contributed by atoms with Gasteiger partial charge in [-0.2, -0.15) is 5.10 Å². The van der Waals surface area contributed by atoms with Crippen LogP contribution in [0, 0.1) is 12.7 Å². The minimum atomic E-state index is -0.325. The van der Waals surface area contributed by atoms with Crippen LogP contribution in [0.15, 0.2) is 30.3 Å². The van der Waals surface area contributed by atoms with Crippen LogP contribution >= 0.6 is 0 Å². The van der Waals surface area contributed by atoms with Crippen molar-refractivity contribution in [1.82, 2.24) is 15.2 Å². The van der Waals surface area contributed by atoms with E-state index in [-0.39, 0.29) is 11.6 Å². The molecule has 0 atom stereocenters. The van der Waals surface area contributed by atoms with Crippen LogP contribution in [0.25, 0.3) is 10.9 Å². The Morgan fingerprint density at radius 2 is 2.00 bits per heavy atom. The predicted octanol–water partition coefficient (Wildman–Crippen LogP) is 4.81. The molecule has 2 N–H and O–H groups in total. The van der Waals surface area contributed by atoms with Gasteiger partial charge in [0.15, 0.2) is 17.5 Å². The molecule has 0 saturated heterocycles. The molecule has 0 aliphatic heterocycles. The van der Waals surface area contributed by atoms with Crippen molar-refractivity contribution < 1.29 is 4.39 Å². The second-order valence-corrected chi connectivity index (χ2v) is 6.23. The molecule has 0 unspecified atom stereocenters. The van der Waals surface area contributed by atoms with Crippen LogP contribution in [-0.2, 0) is 0 Å². The molecular weight excluding hydrogens is 291 g/mol. The summed E-state index contributed by atoms with van der Waals surface area (Å²) < 4.78 is 14.6. The van der Waals surface area contributed by atoms with Gasteiger partial charge in [-0.05, 0) is 31.4 Å². The highest BCUT2D eigenvalue weighted by atomic mass is 19.1. The summed E-state index contributed by atoms with van der Waals surface area (Å²) in [5.74, 6) is 1.07. The summed E-state index contributed by atoms with van der Waals surface area (Å²) in [4.78, 5) is 4.40. The van der Waals surface area contributed by atoms with E-state index in [2.05, 4.69) is 20.5 Å². The third-order valence-corrected chi connectivity index (χ3v) is 4.72. The standard InChI is InChI=1S/C18H19FN4/c1-11-13-8-4-5-9-14(13)20-18(17(11)19)21-16-10-15(22-23-16)12-6-2-3-7-12/h4-5,8-10,12H,2-3,6-7H2,1H3,(H2,20,21,22,23). The number of aryl methyl sites for hydroxylation is 1. The third-order valence-electron chi connectivity index (χ3n) is 4.72. The monoisotopic (exact) mass is 310 g/mol. The number of rotatable bonds is 3. The number of aromatic nitrogens is 3. The zero-order valence-electron chi connectivity index (χ0n) is 13.1. The van der Waals surface area contributed by atoms with Crippen molar-refractivity contribution in [3.63, 3.8) is 0 Å². The van der Waals surface area contributed by atoms with Gasteiger partial charge < -0.3 is 5.32 Å². The van der Waals surface area contributed by atoms with Crippen molar-refractivity contribution in [1.29, 1.82) is 0 Å². The predicted molar refractivity (Wildman–Crippen MR) is 89.5 cm³/mol. The Morgan fingerprint density at radius 3 is 2.83 bits per heavy atom. The average molecular weight is 310 g/mol. The van der Waals surface area contributed by atoms with Crippen LogP contribution in [0.5, 0.6) is 0 Å². The molecule has 4 rings (SSSR count). The highest BCUT2D eigenvalue weighted by molar-refractivity contribution is 5.84. The van der Waals surface area contributed by atoms with E-state index in [1.54, 1.807) is 6.92 Å². The molecule has 1 aromatic carbocycles. The number of fused-ring (bicyclic) bond motifs is 1. The summed E-state index contributed by atoms with van der Waals surface area (Å²) in [6.45, 7) is 1.78. The molecule has 0 amide bonds. The molecule has 0 spiro atoms. The summed E-state index contributed by atoms with van der Waals surface area (Å²) in [5, 5.41) is 11.2. The van der Waals surface area contributed by atoms with Gasteiger partial charge in [-0.1, -0.05) is 31.0 Å². The van der Waals surface area contributed by atoms with E-state index in [1.807, 2.05) is 30.3 Å². The van der Waals surface area contributed by atoms with Crippen molar-refractivity contribution in [2.45, 2.75) is 38.5 Å². The second-order valence-electron chi connectivity index (χ2n) is 6.23. The van der Waals surface area contributed by atoms with Gasteiger partial charge in [0.25, 0.3) is 0 Å². The molecule has 3 aromatic rings. The molecule has 4 nitrogen and oxygen atoms in total. The van der Waals surface area contributed by atoms with Crippen molar-refractivity contribution in [3.05, 3.63) is 47.4 Å². The van der Waals surface area contributed by atoms with Gasteiger partial charge in [0, 0.05) is 23.1 Å². The van der Waals surface area contributed by atoms with Crippen LogP contribution in [0.2, 0.25) is 0 Å². The molecule has 1 aliphatic rings. The number of halogens is 1. The Kier molecular flexibility index (Phi) is 3.48. The second kappa shape index (κ2) is 5.65. The minimum Gasteiger partial charge on any atom is -0.321 e. The number of nitrogens with one attached hydrogen (secondary N) is 2. The highest BCUT2D eigenvalue weighted by Gasteiger charge is 2.20. The number of hydrogen-bond donors (Lipinski definition) is 2. The smallest absolute Gasteiger partial charge is 0.169 e. The fourth-order valence-electron chi connectivity index (χ4n) is 3.40. The number of pyridine rings is 1. The molecule has 2 heterocycles. The van der Waals surface area contributed by atoms with Crippen LogP contribution in [0.4, 0.5) is 16.0 Å².